The number of carboxylic acid groups (broad SMARTS) is 1. The van der Waals surface area contributed by atoms with Crippen LogP contribution in [0.3, 0.4) is 0 Å². The molecule has 0 saturated heterocycles. The van der Waals surface area contributed by atoms with Crippen molar-refractivity contribution in [2.24, 2.45) is 7.05 Å². The van der Waals surface area contributed by atoms with E-state index in [0.717, 1.165) is 0 Å². The van der Waals surface area contributed by atoms with Crippen LogP contribution in [-0.4, -0.2) is 34.8 Å². The fourth-order valence-electron chi connectivity index (χ4n) is 1.68. The monoisotopic (exact) mass is 275 g/mol. The van der Waals surface area contributed by atoms with Crippen molar-refractivity contribution >= 4 is 16.0 Å². The summed E-state index contributed by atoms with van der Waals surface area (Å²) in [5.74, 6) is -1.20. The zero-order valence-electron chi connectivity index (χ0n) is 10.5. The summed E-state index contributed by atoms with van der Waals surface area (Å²) in [7, 11) is -2.42. The second-order valence-electron chi connectivity index (χ2n) is 4.29. The highest BCUT2D eigenvalue weighted by molar-refractivity contribution is 7.89. The van der Waals surface area contributed by atoms with Crippen LogP contribution in [-0.2, 0) is 21.9 Å². The van der Waals surface area contributed by atoms with Gasteiger partial charge < -0.3 is 5.11 Å². The number of aromatic nitrogens is 2. The molecule has 0 aliphatic carbocycles. The van der Waals surface area contributed by atoms with Gasteiger partial charge in [0.25, 0.3) is 10.0 Å². The Morgan fingerprint density at radius 3 is 2.61 bits per heavy atom. The van der Waals surface area contributed by atoms with Crippen molar-refractivity contribution in [3.63, 3.8) is 0 Å². The van der Waals surface area contributed by atoms with Gasteiger partial charge in [0.1, 0.15) is 5.54 Å². The van der Waals surface area contributed by atoms with Gasteiger partial charge in [-0.05, 0) is 19.4 Å². The molecule has 0 radical (unpaired) electrons. The summed E-state index contributed by atoms with van der Waals surface area (Å²) in [5.41, 5.74) is -1.52. The third kappa shape index (κ3) is 2.88. The molecular weight excluding hydrogens is 258 g/mol. The largest absolute Gasteiger partial charge is 0.480 e. The molecule has 0 spiro atoms. The fourth-order valence-corrected chi connectivity index (χ4v) is 3.20. The highest BCUT2D eigenvalue weighted by atomic mass is 32.2. The summed E-state index contributed by atoms with van der Waals surface area (Å²) in [5, 5.41) is 12.8. The normalized spacial score (nSPS) is 15.3. The Morgan fingerprint density at radius 2 is 2.22 bits per heavy atom. The van der Waals surface area contributed by atoms with Gasteiger partial charge in [-0.3, -0.25) is 9.48 Å². The topological polar surface area (TPSA) is 101 Å². The van der Waals surface area contributed by atoms with Crippen molar-refractivity contribution in [2.45, 2.75) is 37.3 Å². The maximum atomic E-state index is 12.1. The van der Waals surface area contributed by atoms with Crippen molar-refractivity contribution in [3.05, 3.63) is 12.3 Å². The van der Waals surface area contributed by atoms with E-state index in [1.54, 1.807) is 6.92 Å². The van der Waals surface area contributed by atoms with E-state index in [4.69, 9.17) is 5.11 Å². The van der Waals surface area contributed by atoms with Crippen LogP contribution in [0, 0.1) is 0 Å². The summed E-state index contributed by atoms with van der Waals surface area (Å²) in [4.78, 5) is 11.2. The van der Waals surface area contributed by atoms with Crippen LogP contribution in [0.1, 0.15) is 26.7 Å². The molecule has 102 valence electrons. The summed E-state index contributed by atoms with van der Waals surface area (Å²) >= 11 is 0. The predicted octanol–water partition coefficient (Wildman–Crippen LogP) is 0.342. The lowest BCUT2D eigenvalue weighted by atomic mass is 9.98. The average Bonchev–Trinajstić information content (AvgIpc) is 2.64. The number of carbonyl (C=O) groups is 1. The third-order valence-corrected chi connectivity index (χ3v) is 4.30. The zero-order chi connectivity index (χ0) is 14.0. The van der Waals surface area contributed by atoms with Crippen molar-refractivity contribution in [1.82, 2.24) is 14.5 Å². The van der Waals surface area contributed by atoms with E-state index in [0.29, 0.717) is 6.42 Å². The molecule has 1 aromatic rings. The molecule has 1 unspecified atom stereocenters. The molecule has 0 saturated carbocycles. The SMILES string of the molecule is CCCC(C)(NS(=O)(=O)c1ccnn1C)C(=O)O. The van der Waals surface area contributed by atoms with E-state index >= 15 is 0 Å². The number of sulfonamides is 1. The molecule has 2 N–H and O–H groups in total. The van der Waals surface area contributed by atoms with Crippen LogP contribution in [0.15, 0.2) is 17.3 Å². The Bertz CT molecular complexity index is 537. The van der Waals surface area contributed by atoms with Crippen LogP contribution in [0.25, 0.3) is 0 Å². The van der Waals surface area contributed by atoms with Crippen LogP contribution < -0.4 is 4.72 Å². The van der Waals surface area contributed by atoms with Gasteiger partial charge in [-0.25, -0.2) is 8.42 Å². The fraction of sp³-hybridized carbons (Fsp3) is 0.600. The minimum Gasteiger partial charge on any atom is -0.480 e. The van der Waals surface area contributed by atoms with Crippen LogP contribution >= 0.6 is 0 Å². The average molecular weight is 275 g/mol. The number of nitrogens with zero attached hydrogens (tertiary/aromatic N) is 2. The highest BCUT2D eigenvalue weighted by Crippen LogP contribution is 2.17. The molecule has 1 rings (SSSR count). The van der Waals surface area contributed by atoms with Crippen molar-refractivity contribution in [3.8, 4) is 0 Å². The van der Waals surface area contributed by atoms with Crippen LogP contribution in [0.4, 0.5) is 0 Å². The molecule has 1 aromatic heterocycles. The second kappa shape index (κ2) is 5.07. The first-order valence-corrected chi connectivity index (χ1v) is 6.96. The van der Waals surface area contributed by atoms with E-state index in [-0.39, 0.29) is 11.4 Å². The smallest absolute Gasteiger partial charge is 0.324 e. The Balaban J connectivity index is 3.09. The minimum absolute atomic E-state index is 0.0638. The quantitative estimate of drug-likeness (QED) is 0.779. The van der Waals surface area contributed by atoms with E-state index in [1.807, 2.05) is 0 Å². The van der Waals surface area contributed by atoms with Gasteiger partial charge in [-0.1, -0.05) is 13.3 Å². The maximum Gasteiger partial charge on any atom is 0.324 e. The standard InChI is InChI=1S/C10H17N3O4S/c1-4-6-10(2,9(14)15)12-18(16,17)8-5-7-11-13(8)3/h5,7,12H,4,6H2,1-3H3,(H,14,15). The summed E-state index contributed by atoms with van der Waals surface area (Å²) in [6, 6.07) is 1.32. The molecule has 1 atom stereocenters. The van der Waals surface area contributed by atoms with Gasteiger partial charge in [0.05, 0.1) is 6.20 Å². The lowest BCUT2D eigenvalue weighted by Crippen LogP contribution is -2.52. The van der Waals surface area contributed by atoms with Gasteiger partial charge in [-0.15, -0.1) is 0 Å². The molecule has 0 aliphatic rings. The second-order valence-corrected chi connectivity index (χ2v) is 5.92. The van der Waals surface area contributed by atoms with Crippen molar-refractivity contribution < 1.29 is 18.3 Å². The molecule has 18 heavy (non-hydrogen) atoms. The van der Waals surface area contributed by atoms with Crippen molar-refractivity contribution in [1.29, 1.82) is 0 Å². The zero-order valence-corrected chi connectivity index (χ0v) is 11.4. The van der Waals surface area contributed by atoms with Crippen LogP contribution in [0.5, 0.6) is 0 Å². The first-order valence-electron chi connectivity index (χ1n) is 5.48. The summed E-state index contributed by atoms with van der Waals surface area (Å²) in [6.07, 6.45) is 2.10. The summed E-state index contributed by atoms with van der Waals surface area (Å²) in [6.45, 7) is 3.15. The van der Waals surface area contributed by atoms with Gasteiger partial charge >= 0.3 is 5.97 Å². The first kappa shape index (κ1) is 14.7. The van der Waals surface area contributed by atoms with Gasteiger partial charge in [-0.2, -0.15) is 9.82 Å². The number of hydrogen-bond donors (Lipinski definition) is 2. The third-order valence-electron chi connectivity index (χ3n) is 2.63. The number of aryl methyl sites for hydroxylation is 1. The molecule has 0 amide bonds. The molecule has 0 aliphatic heterocycles. The Hall–Kier alpha value is -1.41. The number of nitrogens with one attached hydrogen (secondary N) is 1. The number of rotatable bonds is 6. The Labute approximate surface area is 106 Å². The lowest BCUT2D eigenvalue weighted by molar-refractivity contribution is -0.143. The summed E-state index contributed by atoms with van der Waals surface area (Å²) < 4.78 is 27.5. The van der Waals surface area contributed by atoms with E-state index in [2.05, 4.69) is 9.82 Å². The molecule has 1 heterocycles. The number of aliphatic carboxylic acids is 1. The van der Waals surface area contributed by atoms with Crippen LogP contribution in [0.2, 0.25) is 0 Å². The van der Waals surface area contributed by atoms with Crippen molar-refractivity contribution in [2.75, 3.05) is 0 Å². The molecule has 0 fully saturated rings. The van der Waals surface area contributed by atoms with E-state index in [9.17, 15) is 13.2 Å². The number of hydrogen-bond acceptors (Lipinski definition) is 4. The minimum atomic E-state index is -3.90. The molecule has 7 nitrogen and oxygen atoms in total. The highest BCUT2D eigenvalue weighted by Gasteiger charge is 2.37. The predicted molar refractivity (Wildman–Crippen MR) is 64.5 cm³/mol. The lowest BCUT2D eigenvalue weighted by Gasteiger charge is -2.25. The Morgan fingerprint density at radius 1 is 1.61 bits per heavy atom. The molecule has 8 heteroatoms. The molecule has 0 bridgehead atoms. The number of carboxylic acids is 1. The molecular formula is C10H17N3O4S. The molecule has 0 aromatic carbocycles. The van der Waals surface area contributed by atoms with Gasteiger partial charge in [0.2, 0.25) is 0 Å². The first-order chi connectivity index (χ1) is 8.23. The van der Waals surface area contributed by atoms with Gasteiger partial charge in [0.15, 0.2) is 5.03 Å². The van der Waals surface area contributed by atoms with Gasteiger partial charge in [0, 0.05) is 7.05 Å². The van der Waals surface area contributed by atoms with E-state index < -0.39 is 21.5 Å². The Kier molecular flexibility index (Phi) is 4.12. The maximum absolute atomic E-state index is 12.1. The van der Waals surface area contributed by atoms with E-state index in [1.165, 1.54) is 30.9 Å².